The van der Waals surface area contributed by atoms with Crippen molar-refractivity contribution in [3.8, 4) is 0 Å². The average Bonchev–Trinajstić information content (AvgIpc) is 2.52. The highest BCUT2D eigenvalue weighted by Gasteiger charge is 2.16. The molecule has 2 aromatic carbocycles. The molecule has 0 heterocycles. The molecule has 0 radical (unpaired) electrons. The first-order valence-corrected chi connectivity index (χ1v) is 8.24. The Hall–Kier alpha value is -1.75. The molecule has 0 bridgehead atoms. The SMILES string of the molecule is CC(=O)N(CC(=O)Nc1cc(Cl)ccc1Cl)Cc1ccccc1Cl. The first-order chi connectivity index (χ1) is 11.4. The molecule has 1 N–H and O–H groups in total. The first-order valence-electron chi connectivity index (χ1n) is 7.10. The van der Waals surface area contributed by atoms with Crippen LogP contribution in [-0.2, 0) is 16.1 Å². The van der Waals surface area contributed by atoms with Gasteiger partial charge in [0.25, 0.3) is 0 Å². The first kappa shape index (κ1) is 18.6. The third kappa shape index (κ3) is 5.13. The van der Waals surface area contributed by atoms with Gasteiger partial charge >= 0.3 is 0 Å². The molecule has 7 heteroatoms. The summed E-state index contributed by atoms with van der Waals surface area (Å²) in [7, 11) is 0. The molecule has 0 saturated heterocycles. The molecule has 0 unspecified atom stereocenters. The maximum Gasteiger partial charge on any atom is 0.244 e. The number of hydrogen-bond donors (Lipinski definition) is 1. The maximum atomic E-state index is 12.2. The van der Waals surface area contributed by atoms with Gasteiger partial charge in [0.1, 0.15) is 6.54 Å². The molecular weight excluding hydrogens is 371 g/mol. The van der Waals surface area contributed by atoms with Crippen LogP contribution in [0, 0.1) is 0 Å². The Kier molecular flexibility index (Phi) is 6.49. The summed E-state index contributed by atoms with van der Waals surface area (Å²) in [5.41, 5.74) is 1.17. The van der Waals surface area contributed by atoms with Gasteiger partial charge in [0, 0.05) is 23.5 Å². The Bertz CT molecular complexity index is 765. The zero-order chi connectivity index (χ0) is 17.7. The molecule has 24 heavy (non-hydrogen) atoms. The number of rotatable bonds is 5. The number of amides is 2. The lowest BCUT2D eigenvalue weighted by molar-refractivity contribution is -0.133. The van der Waals surface area contributed by atoms with Crippen LogP contribution in [0.1, 0.15) is 12.5 Å². The molecule has 0 atom stereocenters. The lowest BCUT2D eigenvalue weighted by Crippen LogP contribution is -2.36. The van der Waals surface area contributed by atoms with E-state index in [1.54, 1.807) is 30.3 Å². The predicted octanol–water partition coefficient (Wildman–Crippen LogP) is 4.63. The summed E-state index contributed by atoms with van der Waals surface area (Å²) >= 11 is 18.0. The number of hydrogen-bond acceptors (Lipinski definition) is 2. The highest BCUT2D eigenvalue weighted by Crippen LogP contribution is 2.25. The van der Waals surface area contributed by atoms with Gasteiger partial charge in [-0.2, -0.15) is 0 Å². The number of halogens is 3. The van der Waals surface area contributed by atoms with Crippen LogP contribution < -0.4 is 5.32 Å². The van der Waals surface area contributed by atoms with Crippen LogP contribution in [0.25, 0.3) is 0 Å². The molecule has 126 valence electrons. The van der Waals surface area contributed by atoms with Gasteiger partial charge in [-0.25, -0.2) is 0 Å². The van der Waals surface area contributed by atoms with Gasteiger partial charge in [0.2, 0.25) is 11.8 Å². The van der Waals surface area contributed by atoms with Crippen molar-refractivity contribution >= 4 is 52.3 Å². The Morgan fingerprint density at radius 2 is 1.75 bits per heavy atom. The van der Waals surface area contributed by atoms with E-state index in [2.05, 4.69) is 5.32 Å². The Morgan fingerprint density at radius 1 is 1.04 bits per heavy atom. The molecule has 0 fully saturated rings. The predicted molar refractivity (Wildman–Crippen MR) is 97.6 cm³/mol. The van der Waals surface area contributed by atoms with Crippen molar-refractivity contribution in [1.29, 1.82) is 0 Å². The smallest absolute Gasteiger partial charge is 0.244 e. The molecule has 0 aliphatic carbocycles. The minimum absolute atomic E-state index is 0.122. The molecule has 0 aliphatic heterocycles. The van der Waals surface area contributed by atoms with Crippen molar-refractivity contribution < 1.29 is 9.59 Å². The highest BCUT2D eigenvalue weighted by molar-refractivity contribution is 6.35. The lowest BCUT2D eigenvalue weighted by atomic mass is 10.2. The fourth-order valence-electron chi connectivity index (χ4n) is 2.07. The van der Waals surface area contributed by atoms with Crippen LogP contribution >= 0.6 is 34.8 Å². The van der Waals surface area contributed by atoms with Gasteiger partial charge in [0.15, 0.2) is 0 Å². The Labute approximate surface area is 155 Å². The normalized spacial score (nSPS) is 10.3. The molecule has 2 rings (SSSR count). The molecule has 4 nitrogen and oxygen atoms in total. The topological polar surface area (TPSA) is 49.4 Å². The summed E-state index contributed by atoms with van der Waals surface area (Å²) in [4.78, 5) is 25.4. The third-order valence-electron chi connectivity index (χ3n) is 3.30. The Morgan fingerprint density at radius 3 is 2.42 bits per heavy atom. The van der Waals surface area contributed by atoms with Crippen LogP contribution in [-0.4, -0.2) is 23.3 Å². The van der Waals surface area contributed by atoms with E-state index in [0.717, 1.165) is 5.56 Å². The lowest BCUT2D eigenvalue weighted by Gasteiger charge is -2.21. The summed E-state index contributed by atoms with van der Waals surface area (Å²) in [6.07, 6.45) is 0. The number of nitrogens with one attached hydrogen (secondary N) is 1. The highest BCUT2D eigenvalue weighted by atomic mass is 35.5. The van der Waals surface area contributed by atoms with Crippen LogP contribution in [0.3, 0.4) is 0 Å². The fraction of sp³-hybridized carbons (Fsp3) is 0.176. The van der Waals surface area contributed by atoms with Crippen LogP contribution in [0.2, 0.25) is 15.1 Å². The summed E-state index contributed by atoms with van der Waals surface area (Å²) < 4.78 is 0. The van der Waals surface area contributed by atoms with Crippen LogP contribution in [0.15, 0.2) is 42.5 Å². The van der Waals surface area contributed by atoms with E-state index in [-0.39, 0.29) is 24.9 Å². The summed E-state index contributed by atoms with van der Waals surface area (Å²) in [6, 6.07) is 11.9. The van der Waals surface area contributed by atoms with Crippen LogP contribution in [0.4, 0.5) is 5.69 Å². The van der Waals surface area contributed by atoms with Gasteiger partial charge in [-0.3, -0.25) is 9.59 Å². The van der Waals surface area contributed by atoms with Gasteiger partial charge in [0.05, 0.1) is 10.7 Å². The van der Waals surface area contributed by atoms with Gasteiger partial charge < -0.3 is 10.2 Å². The van der Waals surface area contributed by atoms with E-state index in [0.29, 0.717) is 20.8 Å². The van der Waals surface area contributed by atoms with E-state index < -0.39 is 0 Å². The number of nitrogens with zero attached hydrogens (tertiary/aromatic N) is 1. The number of carbonyl (C=O) groups is 2. The summed E-state index contributed by atoms with van der Waals surface area (Å²) in [6.45, 7) is 1.52. The van der Waals surface area contributed by atoms with Gasteiger partial charge in [-0.15, -0.1) is 0 Å². The van der Waals surface area contributed by atoms with Crippen molar-refractivity contribution in [3.05, 3.63) is 63.1 Å². The van der Waals surface area contributed by atoms with E-state index in [4.69, 9.17) is 34.8 Å². The van der Waals surface area contributed by atoms with Gasteiger partial charge in [-0.1, -0.05) is 53.0 Å². The molecular formula is C17H15Cl3N2O2. The van der Waals surface area contributed by atoms with Crippen LogP contribution in [0.5, 0.6) is 0 Å². The second-order valence-electron chi connectivity index (χ2n) is 5.14. The minimum atomic E-state index is -0.374. The number of carbonyl (C=O) groups excluding carboxylic acids is 2. The van der Waals surface area contributed by atoms with E-state index in [1.807, 2.05) is 12.1 Å². The monoisotopic (exact) mass is 384 g/mol. The van der Waals surface area contributed by atoms with Crippen molar-refractivity contribution in [2.75, 3.05) is 11.9 Å². The second-order valence-corrected chi connectivity index (χ2v) is 6.39. The number of anilines is 1. The average molecular weight is 386 g/mol. The molecule has 2 aromatic rings. The quantitative estimate of drug-likeness (QED) is 0.815. The number of benzene rings is 2. The van der Waals surface area contributed by atoms with Crippen molar-refractivity contribution in [1.82, 2.24) is 4.90 Å². The molecule has 0 aromatic heterocycles. The second kappa shape index (κ2) is 8.38. The molecule has 2 amide bonds. The fourth-order valence-corrected chi connectivity index (χ4v) is 2.60. The van der Waals surface area contributed by atoms with Crippen molar-refractivity contribution in [2.24, 2.45) is 0 Å². The third-order valence-corrected chi connectivity index (χ3v) is 4.23. The van der Waals surface area contributed by atoms with Crippen molar-refractivity contribution in [2.45, 2.75) is 13.5 Å². The van der Waals surface area contributed by atoms with E-state index in [9.17, 15) is 9.59 Å². The summed E-state index contributed by atoms with van der Waals surface area (Å²) in [5, 5.41) is 4.02. The summed E-state index contributed by atoms with van der Waals surface area (Å²) in [5.74, 6) is -0.608. The Balaban J connectivity index is 2.07. The van der Waals surface area contributed by atoms with Crippen molar-refractivity contribution in [3.63, 3.8) is 0 Å². The molecule has 0 saturated carbocycles. The standard InChI is InChI=1S/C17H15Cl3N2O2/c1-11(23)22(9-12-4-2-3-5-14(12)19)10-17(24)21-16-8-13(18)6-7-15(16)20/h2-8H,9-10H2,1H3,(H,21,24). The zero-order valence-corrected chi connectivity index (χ0v) is 15.1. The minimum Gasteiger partial charge on any atom is -0.329 e. The maximum absolute atomic E-state index is 12.2. The van der Waals surface area contributed by atoms with E-state index >= 15 is 0 Å². The zero-order valence-electron chi connectivity index (χ0n) is 12.9. The molecule has 0 aliphatic rings. The molecule has 0 spiro atoms. The van der Waals surface area contributed by atoms with E-state index in [1.165, 1.54) is 11.8 Å². The largest absolute Gasteiger partial charge is 0.329 e. The van der Waals surface area contributed by atoms with Gasteiger partial charge in [-0.05, 0) is 29.8 Å².